The number of hydrogen-bond donors (Lipinski definition) is 0. The van der Waals surface area contributed by atoms with Gasteiger partial charge in [0.2, 0.25) is 5.88 Å². The molecule has 0 radical (unpaired) electrons. The van der Waals surface area contributed by atoms with Crippen LogP contribution in [-0.2, 0) is 9.47 Å². The SMILES string of the molecule is O=C(c1ccnc(OC2CCC3(CC2)OCCO3)c1)C1CC1. The standard InChI is InChI=1S/C17H21NO4/c19-16(12-1-2-12)13-5-8-18-15(11-13)22-14-3-6-17(7-4-14)20-9-10-21-17/h5,8,11-12,14H,1-4,6-7,9-10H2. The first-order valence-electron chi connectivity index (χ1n) is 8.19. The summed E-state index contributed by atoms with van der Waals surface area (Å²) in [6, 6.07) is 3.57. The summed E-state index contributed by atoms with van der Waals surface area (Å²) in [5, 5.41) is 0. The Kier molecular flexibility index (Phi) is 3.62. The molecule has 3 fully saturated rings. The van der Waals surface area contributed by atoms with Crippen LogP contribution in [0.4, 0.5) is 0 Å². The molecular formula is C17H21NO4. The Balaban J connectivity index is 1.37. The fourth-order valence-corrected chi connectivity index (χ4v) is 3.31. The van der Waals surface area contributed by atoms with Gasteiger partial charge >= 0.3 is 0 Å². The number of carbonyl (C=O) groups is 1. The fraction of sp³-hybridized carbons (Fsp3) is 0.647. The van der Waals surface area contributed by atoms with Crippen molar-refractivity contribution in [3.8, 4) is 5.88 Å². The highest BCUT2D eigenvalue weighted by Gasteiger charge is 2.41. The van der Waals surface area contributed by atoms with Crippen molar-refractivity contribution in [2.24, 2.45) is 5.92 Å². The molecule has 0 atom stereocenters. The van der Waals surface area contributed by atoms with Gasteiger partial charge in [-0.05, 0) is 31.7 Å². The van der Waals surface area contributed by atoms with E-state index in [0.717, 1.165) is 44.1 Å². The van der Waals surface area contributed by atoms with Gasteiger partial charge in [0.05, 0.1) is 13.2 Å². The van der Waals surface area contributed by atoms with Crippen molar-refractivity contribution in [2.75, 3.05) is 13.2 Å². The minimum Gasteiger partial charge on any atom is -0.474 e. The van der Waals surface area contributed by atoms with E-state index in [4.69, 9.17) is 14.2 Å². The van der Waals surface area contributed by atoms with Crippen molar-refractivity contribution in [3.63, 3.8) is 0 Å². The van der Waals surface area contributed by atoms with Gasteiger partial charge < -0.3 is 14.2 Å². The maximum absolute atomic E-state index is 12.1. The Morgan fingerprint density at radius 1 is 1.18 bits per heavy atom. The Morgan fingerprint density at radius 2 is 1.91 bits per heavy atom. The summed E-state index contributed by atoms with van der Waals surface area (Å²) < 4.78 is 17.4. The summed E-state index contributed by atoms with van der Waals surface area (Å²) in [6.45, 7) is 1.39. The van der Waals surface area contributed by atoms with Crippen LogP contribution in [0.5, 0.6) is 5.88 Å². The van der Waals surface area contributed by atoms with Crippen molar-refractivity contribution in [1.82, 2.24) is 4.98 Å². The molecule has 118 valence electrons. The van der Waals surface area contributed by atoms with E-state index in [1.54, 1.807) is 18.3 Å². The normalized spacial score (nSPS) is 24.5. The zero-order chi connectivity index (χ0) is 15.0. The molecule has 1 aliphatic heterocycles. The van der Waals surface area contributed by atoms with E-state index in [9.17, 15) is 4.79 Å². The predicted molar refractivity (Wildman–Crippen MR) is 78.8 cm³/mol. The molecule has 1 aromatic rings. The van der Waals surface area contributed by atoms with Crippen LogP contribution in [-0.4, -0.2) is 35.9 Å². The van der Waals surface area contributed by atoms with Gasteiger partial charge in [0.15, 0.2) is 11.6 Å². The molecule has 0 N–H and O–H groups in total. The molecule has 2 heterocycles. The third-order valence-electron chi connectivity index (χ3n) is 4.76. The molecule has 2 saturated carbocycles. The average Bonchev–Trinajstić information content (AvgIpc) is 3.30. The zero-order valence-electron chi connectivity index (χ0n) is 12.6. The van der Waals surface area contributed by atoms with E-state index >= 15 is 0 Å². The number of carbonyl (C=O) groups excluding carboxylic acids is 1. The van der Waals surface area contributed by atoms with E-state index in [-0.39, 0.29) is 23.6 Å². The van der Waals surface area contributed by atoms with Crippen LogP contribution in [0, 0.1) is 5.92 Å². The van der Waals surface area contributed by atoms with Crippen molar-refractivity contribution < 1.29 is 19.0 Å². The number of aromatic nitrogens is 1. The van der Waals surface area contributed by atoms with E-state index in [0.29, 0.717) is 19.1 Å². The molecule has 1 spiro atoms. The first-order chi connectivity index (χ1) is 10.7. The quantitative estimate of drug-likeness (QED) is 0.801. The zero-order valence-corrected chi connectivity index (χ0v) is 12.6. The summed E-state index contributed by atoms with van der Waals surface area (Å²) in [6.07, 6.45) is 7.32. The highest BCUT2D eigenvalue weighted by atomic mass is 16.7. The Hall–Kier alpha value is -1.46. The molecule has 5 nitrogen and oxygen atoms in total. The van der Waals surface area contributed by atoms with Gasteiger partial charge in [-0.2, -0.15) is 0 Å². The van der Waals surface area contributed by atoms with Gasteiger partial charge in [0.1, 0.15) is 6.10 Å². The van der Waals surface area contributed by atoms with Crippen molar-refractivity contribution in [2.45, 2.75) is 50.4 Å². The molecule has 3 aliphatic rings. The number of Topliss-reactive ketones (excluding diaryl/α,β-unsaturated/α-hetero) is 1. The fourth-order valence-electron chi connectivity index (χ4n) is 3.31. The van der Waals surface area contributed by atoms with E-state index in [1.807, 2.05) is 0 Å². The van der Waals surface area contributed by atoms with Crippen LogP contribution in [0.15, 0.2) is 18.3 Å². The Morgan fingerprint density at radius 3 is 2.59 bits per heavy atom. The van der Waals surface area contributed by atoms with Gasteiger partial charge in [0, 0.05) is 36.6 Å². The topological polar surface area (TPSA) is 57.7 Å². The molecule has 0 aromatic carbocycles. The van der Waals surface area contributed by atoms with E-state index in [2.05, 4.69) is 4.98 Å². The maximum Gasteiger partial charge on any atom is 0.214 e. The molecule has 5 heteroatoms. The first kappa shape index (κ1) is 14.2. The van der Waals surface area contributed by atoms with Gasteiger partial charge in [-0.15, -0.1) is 0 Å². The van der Waals surface area contributed by atoms with E-state index < -0.39 is 0 Å². The third kappa shape index (κ3) is 2.88. The predicted octanol–water partition coefficient (Wildman–Crippen LogP) is 2.74. The molecule has 0 unspecified atom stereocenters. The minimum absolute atomic E-state index is 0.122. The molecule has 22 heavy (non-hydrogen) atoms. The smallest absolute Gasteiger partial charge is 0.214 e. The van der Waals surface area contributed by atoms with Crippen LogP contribution in [0.25, 0.3) is 0 Å². The number of ether oxygens (including phenoxy) is 3. The lowest BCUT2D eigenvalue weighted by atomic mass is 9.92. The second kappa shape index (κ2) is 5.63. The summed E-state index contributed by atoms with van der Waals surface area (Å²) >= 11 is 0. The second-order valence-corrected chi connectivity index (χ2v) is 6.45. The maximum atomic E-state index is 12.1. The summed E-state index contributed by atoms with van der Waals surface area (Å²) in [4.78, 5) is 16.4. The van der Waals surface area contributed by atoms with Gasteiger partial charge in [-0.25, -0.2) is 4.98 Å². The molecule has 0 amide bonds. The van der Waals surface area contributed by atoms with Gasteiger partial charge in [0.25, 0.3) is 0 Å². The summed E-state index contributed by atoms with van der Waals surface area (Å²) in [5.41, 5.74) is 0.724. The number of rotatable bonds is 4. The van der Waals surface area contributed by atoms with Crippen LogP contribution in [0.3, 0.4) is 0 Å². The van der Waals surface area contributed by atoms with Gasteiger partial charge in [-0.3, -0.25) is 4.79 Å². The number of nitrogens with zero attached hydrogens (tertiary/aromatic N) is 1. The molecule has 1 aromatic heterocycles. The van der Waals surface area contributed by atoms with Crippen LogP contribution in [0.1, 0.15) is 48.9 Å². The number of pyridine rings is 1. The van der Waals surface area contributed by atoms with E-state index in [1.165, 1.54) is 0 Å². The highest BCUT2D eigenvalue weighted by Crippen LogP contribution is 2.37. The average molecular weight is 303 g/mol. The third-order valence-corrected chi connectivity index (χ3v) is 4.76. The summed E-state index contributed by atoms with van der Waals surface area (Å²) in [5.74, 6) is 0.640. The van der Waals surface area contributed by atoms with Crippen molar-refractivity contribution in [3.05, 3.63) is 23.9 Å². The monoisotopic (exact) mass is 303 g/mol. The second-order valence-electron chi connectivity index (χ2n) is 6.45. The van der Waals surface area contributed by atoms with Crippen LogP contribution < -0.4 is 4.74 Å². The van der Waals surface area contributed by atoms with Crippen molar-refractivity contribution >= 4 is 5.78 Å². The highest BCUT2D eigenvalue weighted by molar-refractivity contribution is 5.99. The Bertz CT molecular complexity index is 554. The molecular weight excluding hydrogens is 282 g/mol. The van der Waals surface area contributed by atoms with Gasteiger partial charge in [-0.1, -0.05) is 0 Å². The van der Waals surface area contributed by atoms with Crippen LogP contribution in [0.2, 0.25) is 0 Å². The Labute approximate surface area is 130 Å². The summed E-state index contributed by atoms with van der Waals surface area (Å²) in [7, 11) is 0. The largest absolute Gasteiger partial charge is 0.474 e. The van der Waals surface area contributed by atoms with Crippen molar-refractivity contribution in [1.29, 1.82) is 0 Å². The number of hydrogen-bond acceptors (Lipinski definition) is 5. The minimum atomic E-state index is -0.364. The molecule has 1 saturated heterocycles. The molecule has 0 bridgehead atoms. The number of ketones is 1. The molecule has 4 rings (SSSR count). The van der Waals surface area contributed by atoms with Crippen LogP contribution >= 0.6 is 0 Å². The lowest BCUT2D eigenvalue weighted by molar-refractivity contribution is -0.186. The lowest BCUT2D eigenvalue weighted by Crippen LogP contribution is -2.38. The first-order valence-corrected chi connectivity index (χ1v) is 8.19. The molecule has 2 aliphatic carbocycles. The lowest BCUT2D eigenvalue weighted by Gasteiger charge is -2.35.